The van der Waals surface area contributed by atoms with Crippen molar-refractivity contribution in [1.29, 1.82) is 0 Å². The number of nitrogens with zero attached hydrogens (tertiary/aromatic N) is 2. The van der Waals surface area contributed by atoms with E-state index in [0.717, 1.165) is 54.1 Å². The standard InChI is InChI=1S/C31H26N6O2S/c1-32-30(38)21-8-4-3-7-19(21)15-18-11-13-22-25(16-18)34-36-28(22)29-23-14-12-20(17-26(23)35-37-29)40-27-10-6-5-9-24(27)31(39)33-2/h3-14,16-17H,15H2,1-2H3,(H,32,38)(H,33,39)(H,34,36)(H,35,37). The number of rotatable bonds is 7. The molecule has 4 N–H and O–H groups in total. The number of aromatic nitrogens is 4. The number of nitrogens with one attached hydrogen (secondary N) is 4. The number of carbonyl (C=O) groups excluding carboxylic acids is 2. The second-order valence-corrected chi connectivity index (χ2v) is 10.4. The summed E-state index contributed by atoms with van der Waals surface area (Å²) in [5.74, 6) is -0.208. The van der Waals surface area contributed by atoms with Gasteiger partial charge in [-0.25, -0.2) is 0 Å². The Balaban J connectivity index is 1.29. The Hall–Kier alpha value is -4.89. The minimum absolute atomic E-state index is 0.0943. The van der Waals surface area contributed by atoms with E-state index in [-0.39, 0.29) is 11.8 Å². The maximum Gasteiger partial charge on any atom is 0.252 e. The third kappa shape index (κ3) is 4.71. The van der Waals surface area contributed by atoms with Crippen LogP contribution in [-0.2, 0) is 6.42 Å². The van der Waals surface area contributed by atoms with Gasteiger partial charge in [0.2, 0.25) is 0 Å². The Morgan fingerprint density at radius 2 is 1.32 bits per heavy atom. The summed E-state index contributed by atoms with van der Waals surface area (Å²) < 4.78 is 0. The molecule has 0 spiro atoms. The quantitative estimate of drug-likeness (QED) is 0.209. The maximum atomic E-state index is 12.3. The smallest absolute Gasteiger partial charge is 0.252 e. The number of H-pyrrole nitrogens is 2. The number of benzene rings is 4. The predicted molar refractivity (Wildman–Crippen MR) is 158 cm³/mol. The van der Waals surface area contributed by atoms with Gasteiger partial charge in [0.15, 0.2) is 0 Å². The van der Waals surface area contributed by atoms with Crippen molar-refractivity contribution in [3.8, 4) is 11.4 Å². The monoisotopic (exact) mass is 546 g/mol. The lowest BCUT2D eigenvalue weighted by Gasteiger charge is -2.08. The molecule has 2 amide bonds. The summed E-state index contributed by atoms with van der Waals surface area (Å²) in [7, 11) is 3.27. The van der Waals surface area contributed by atoms with Gasteiger partial charge in [-0.3, -0.25) is 19.8 Å². The largest absolute Gasteiger partial charge is 0.355 e. The van der Waals surface area contributed by atoms with Crippen LogP contribution in [0.25, 0.3) is 33.2 Å². The first-order chi connectivity index (χ1) is 19.6. The molecule has 0 aliphatic heterocycles. The molecule has 0 saturated heterocycles. The lowest BCUT2D eigenvalue weighted by atomic mass is 9.98. The van der Waals surface area contributed by atoms with Crippen LogP contribution in [0, 0.1) is 0 Å². The fourth-order valence-corrected chi connectivity index (χ4v) is 5.84. The van der Waals surface area contributed by atoms with Crippen LogP contribution in [0.3, 0.4) is 0 Å². The highest BCUT2D eigenvalue weighted by Gasteiger charge is 2.17. The number of hydrogen-bond donors (Lipinski definition) is 4. The minimum Gasteiger partial charge on any atom is -0.355 e. The Morgan fingerprint density at radius 1 is 0.725 bits per heavy atom. The van der Waals surface area contributed by atoms with Gasteiger partial charge in [0, 0.05) is 40.2 Å². The average molecular weight is 547 g/mol. The highest BCUT2D eigenvalue weighted by Crippen LogP contribution is 2.35. The SMILES string of the molecule is CNC(=O)c1ccccc1Cc1ccc2c(-c3n[nH]c4cc(Sc5ccccc5C(=O)NC)ccc34)n[nH]c2c1. The van der Waals surface area contributed by atoms with Crippen molar-refractivity contribution < 1.29 is 9.59 Å². The molecular weight excluding hydrogens is 520 g/mol. The van der Waals surface area contributed by atoms with Crippen LogP contribution >= 0.6 is 11.8 Å². The number of hydrogen-bond acceptors (Lipinski definition) is 5. The molecule has 198 valence electrons. The molecule has 2 heterocycles. The van der Waals surface area contributed by atoms with E-state index in [0.29, 0.717) is 17.5 Å². The van der Waals surface area contributed by atoms with Gasteiger partial charge < -0.3 is 10.6 Å². The summed E-state index contributed by atoms with van der Waals surface area (Å²) in [4.78, 5) is 26.4. The van der Waals surface area contributed by atoms with Crippen LogP contribution in [0.1, 0.15) is 31.8 Å². The number of amides is 2. The molecule has 8 nitrogen and oxygen atoms in total. The molecule has 2 aromatic heterocycles. The lowest BCUT2D eigenvalue weighted by molar-refractivity contribution is 0.0953. The Bertz CT molecular complexity index is 1750. The van der Waals surface area contributed by atoms with Crippen molar-refractivity contribution in [3.05, 3.63) is 107 Å². The van der Waals surface area contributed by atoms with Crippen molar-refractivity contribution in [2.45, 2.75) is 16.2 Å². The normalized spacial score (nSPS) is 11.2. The van der Waals surface area contributed by atoms with E-state index in [4.69, 9.17) is 0 Å². The minimum atomic E-state index is -0.114. The third-order valence-corrected chi connectivity index (χ3v) is 7.92. The molecule has 40 heavy (non-hydrogen) atoms. The molecule has 0 radical (unpaired) electrons. The molecule has 0 bridgehead atoms. The summed E-state index contributed by atoms with van der Waals surface area (Å²) in [5, 5.41) is 22.9. The summed E-state index contributed by atoms with van der Waals surface area (Å²) in [6, 6.07) is 27.5. The second kappa shape index (κ2) is 10.7. The van der Waals surface area contributed by atoms with Crippen LogP contribution in [0.4, 0.5) is 0 Å². The molecule has 0 saturated carbocycles. The summed E-state index contributed by atoms with van der Waals surface area (Å²) in [6.07, 6.45) is 0.628. The lowest BCUT2D eigenvalue weighted by Crippen LogP contribution is -2.19. The summed E-state index contributed by atoms with van der Waals surface area (Å²) >= 11 is 1.53. The van der Waals surface area contributed by atoms with Gasteiger partial charge in [0.25, 0.3) is 11.8 Å². The molecule has 0 aliphatic carbocycles. The Labute approximate surface area is 234 Å². The predicted octanol–water partition coefficient (Wildman–Crippen LogP) is 5.57. The van der Waals surface area contributed by atoms with Gasteiger partial charge >= 0.3 is 0 Å². The van der Waals surface area contributed by atoms with Crippen molar-refractivity contribution in [2.24, 2.45) is 0 Å². The molecule has 0 unspecified atom stereocenters. The molecule has 0 fully saturated rings. The second-order valence-electron chi connectivity index (χ2n) is 9.32. The fourth-order valence-electron chi connectivity index (χ4n) is 4.86. The molecule has 6 rings (SSSR count). The zero-order valence-corrected chi connectivity index (χ0v) is 22.7. The van der Waals surface area contributed by atoms with E-state index < -0.39 is 0 Å². The van der Waals surface area contributed by atoms with Crippen LogP contribution in [0.2, 0.25) is 0 Å². The highest BCUT2D eigenvalue weighted by atomic mass is 32.2. The molecule has 4 aromatic carbocycles. The van der Waals surface area contributed by atoms with Gasteiger partial charge in [0.05, 0.1) is 16.6 Å². The highest BCUT2D eigenvalue weighted by molar-refractivity contribution is 7.99. The van der Waals surface area contributed by atoms with Crippen LogP contribution in [0.5, 0.6) is 0 Å². The molecule has 9 heteroatoms. The topological polar surface area (TPSA) is 116 Å². The Morgan fingerprint density at radius 3 is 2.05 bits per heavy atom. The van der Waals surface area contributed by atoms with E-state index in [1.807, 2.05) is 72.8 Å². The van der Waals surface area contributed by atoms with Crippen molar-refractivity contribution >= 4 is 45.4 Å². The van der Waals surface area contributed by atoms with E-state index in [1.54, 1.807) is 14.1 Å². The van der Waals surface area contributed by atoms with Crippen molar-refractivity contribution in [3.63, 3.8) is 0 Å². The van der Waals surface area contributed by atoms with Crippen molar-refractivity contribution in [2.75, 3.05) is 14.1 Å². The molecule has 0 aliphatic rings. The first kappa shape index (κ1) is 25.4. The van der Waals surface area contributed by atoms with E-state index >= 15 is 0 Å². The number of aromatic amines is 2. The first-order valence-corrected chi connectivity index (χ1v) is 13.6. The van der Waals surface area contributed by atoms with Gasteiger partial charge in [-0.1, -0.05) is 54.2 Å². The van der Waals surface area contributed by atoms with Crippen LogP contribution < -0.4 is 10.6 Å². The Kier molecular flexibility index (Phi) is 6.79. The van der Waals surface area contributed by atoms with Gasteiger partial charge in [-0.05, 0) is 60.0 Å². The average Bonchev–Trinajstić information content (AvgIpc) is 3.60. The summed E-state index contributed by atoms with van der Waals surface area (Å²) in [5.41, 5.74) is 6.67. The zero-order chi connectivity index (χ0) is 27.6. The van der Waals surface area contributed by atoms with Crippen molar-refractivity contribution in [1.82, 2.24) is 31.0 Å². The molecular formula is C31H26N6O2S. The number of carbonyl (C=O) groups is 2. The maximum absolute atomic E-state index is 12.3. The van der Waals surface area contributed by atoms with Gasteiger partial charge in [-0.15, -0.1) is 0 Å². The van der Waals surface area contributed by atoms with E-state index in [1.165, 1.54) is 11.8 Å². The third-order valence-electron chi connectivity index (χ3n) is 6.86. The van der Waals surface area contributed by atoms with E-state index in [9.17, 15) is 9.59 Å². The first-order valence-electron chi connectivity index (χ1n) is 12.8. The van der Waals surface area contributed by atoms with Crippen LogP contribution in [-0.4, -0.2) is 46.3 Å². The number of fused-ring (bicyclic) bond motifs is 2. The zero-order valence-electron chi connectivity index (χ0n) is 21.9. The molecule has 0 atom stereocenters. The summed E-state index contributed by atoms with van der Waals surface area (Å²) in [6.45, 7) is 0. The van der Waals surface area contributed by atoms with Crippen LogP contribution in [0.15, 0.2) is 94.7 Å². The van der Waals surface area contributed by atoms with Gasteiger partial charge in [0.1, 0.15) is 11.4 Å². The molecule has 6 aromatic rings. The van der Waals surface area contributed by atoms with E-state index in [2.05, 4.69) is 43.2 Å². The fraction of sp³-hybridized carbons (Fsp3) is 0.0968. The van der Waals surface area contributed by atoms with Gasteiger partial charge in [-0.2, -0.15) is 10.2 Å².